The van der Waals surface area contributed by atoms with Crippen molar-refractivity contribution in [1.82, 2.24) is 0 Å². The summed E-state index contributed by atoms with van der Waals surface area (Å²) in [5.41, 5.74) is 0.545. The highest BCUT2D eigenvalue weighted by molar-refractivity contribution is 5.87. The SMILES string of the molecule is C=C(C)C(=O)OCC1CC2CC(OC3(COC(=O)C(=C)C)C4CC5CC(C4)CC3C5)C1C2. The van der Waals surface area contributed by atoms with Crippen molar-refractivity contribution in [3.8, 4) is 0 Å². The van der Waals surface area contributed by atoms with E-state index in [1.165, 1.54) is 32.1 Å². The molecule has 4 unspecified atom stereocenters. The fourth-order valence-electron chi connectivity index (χ4n) is 8.09. The number of esters is 2. The van der Waals surface area contributed by atoms with Crippen LogP contribution < -0.4 is 0 Å². The van der Waals surface area contributed by atoms with Crippen LogP contribution in [0.4, 0.5) is 0 Å². The zero-order valence-corrected chi connectivity index (χ0v) is 19.6. The third-order valence-corrected chi connectivity index (χ3v) is 9.34. The summed E-state index contributed by atoms with van der Waals surface area (Å²) in [4.78, 5) is 24.2. The van der Waals surface area contributed by atoms with Crippen molar-refractivity contribution >= 4 is 11.9 Å². The lowest BCUT2D eigenvalue weighted by Gasteiger charge is -2.61. The van der Waals surface area contributed by atoms with E-state index in [9.17, 15) is 9.59 Å². The van der Waals surface area contributed by atoms with Crippen LogP contribution in [0.15, 0.2) is 24.3 Å². The number of fused-ring (bicyclic) bond motifs is 2. The Morgan fingerprint density at radius 2 is 1.34 bits per heavy atom. The molecule has 0 spiro atoms. The lowest BCUT2D eigenvalue weighted by molar-refractivity contribution is -0.253. The minimum Gasteiger partial charge on any atom is -0.462 e. The van der Waals surface area contributed by atoms with E-state index in [-0.39, 0.29) is 23.6 Å². The minimum absolute atomic E-state index is 0.170. The van der Waals surface area contributed by atoms with E-state index in [1.54, 1.807) is 13.8 Å². The van der Waals surface area contributed by atoms with Crippen molar-refractivity contribution < 1.29 is 23.8 Å². The first-order valence-electron chi connectivity index (χ1n) is 12.6. The first kappa shape index (κ1) is 22.2. The van der Waals surface area contributed by atoms with Crippen molar-refractivity contribution in [2.24, 2.45) is 41.4 Å². The molecule has 6 aliphatic rings. The van der Waals surface area contributed by atoms with E-state index in [1.807, 2.05) is 0 Å². The maximum atomic E-state index is 12.3. The van der Waals surface area contributed by atoms with E-state index >= 15 is 0 Å². The van der Waals surface area contributed by atoms with Gasteiger partial charge in [-0.3, -0.25) is 0 Å². The number of carbonyl (C=O) groups excluding carboxylic acids is 2. The molecule has 32 heavy (non-hydrogen) atoms. The maximum Gasteiger partial charge on any atom is 0.333 e. The van der Waals surface area contributed by atoms with Crippen molar-refractivity contribution in [3.63, 3.8) is 0 Å². The van der Waals surface area contributed by atoms with Gasteiger partial charge in [0.2, 0.25) is 0 Å². The molecule has 6 bridgehead atoms. The molecular weight excluding hydrogens is 404 g/mol. The number of rotatable bonds is 8. The van der Waals surface area contributed by atoms with Crippen LogP contribution in [-0.2, 0) is 23.8 Å². The molecule has 176 valence electrons. The van der Waals surface area contributed by atoms with Crippen molar-refractivity contribution in [2.45, 2.75) is 76.9 Å². The van der Waals surface area contributed by atoms with Crippen LogP contribution in [0.1, 0.15) is 65.2 Å². The Kier molecular flexibility index (Phi) is 5.76. The molecule has 0 aliphatic heterocycles. The van der Waals surface area contributed by atoms with Gasteiger partial charge in [-0.2, -0.15) is 0 Å². The van der Waals surface area contributed by atoms with E-state index in [4.69, 9.17) is 14.2 Å². The van der Waals surface area contributed by atoms with Gasteiger partial charge in [0, 0.05) is 11.1 Å². The summed E-state index contributed by atoms with van der Waals surface area (Å²) >= 11 is 0. The first-order valence-corrected chi connectivity index (χ1v) is 12.6. The highest BCUT2D eigenvalue weighted by atomic mass is 16.6. The molecule has 0 N–H and O–H groups in total. The second-order valence-electron chi connectivity index (χ2n) is 11.6. The summed E-state index contributed by atoms with van der Waals surface area (Å²) in [6.45, 7) is 11.7. The highest BCUT2D eigenvalue weighted by Crippen LogP contribution is 2.61. The van der Waals surface area contributed by atoms with Crippen molar-refractivity contribution in [2.75, 3.05) is 13.2 Å². The molecule has 0 aromatic rings. The topological polar surface area (TPSA) is 61.8 Å². The predicted octanol–water partition coefficient (Wildman–Crippen LogP) is 4.85. The standard InChI is InChI=1S/C27H38O5/c1-15(2)25(28)30-13-20-6-19-11-23(20)24(12-19)32-27(14-31-26(29)16(3)4)21-7-17-5-18(9-21)10-22(27)8-17/h17-24H,1,3,5-14H2,2,4H3. The highest BCUT2D eigenvalue weighted by Gasteiger charge is 2.61. The molecule has 6 aliphatic carbocycles. The Bertz CT molecular complexity index is 785. The molecule has 0 radical (unpaired) electrons. The smallest absolute Gasteiger partial charge is 0.333 e. The second kappa shape index (κ2) is 8.30. The second-order valence-corrected chi connectivity index (χ2v) is 11.6. The number of ether oxygens (including phenoxy) is 3. The van der Waals surface area contributed by atoms with Crippen molar-refractivity contribution in [1.29, 1.82) is 0 Å². The molecule has 6 saturated carbocycles. The van der Waals surface area contributed by atoms with Gasteiger partial charge >= 0.3 is 11.9 Å². The Labute approximate surface area is 191 Å². The summed E-state index contributed by atoms with van der Waals surface area (Å²) in [6.07, 6.45) is 9.72. The summed E-state index contributed by atoms with van der Waals surface area (Å²) in [7, 11) is 0. The Hall–Kier alpha value is -1.62. The van der Waals surface area contributed by atoms with Gasteiger partial charge in [-0.15, -0.1) is 0 Å². The molecule has 6 fully saturated rings. The van der Waals surface area contributed by atoms with Crippen LogP contribution in [0, 0.1) is 41.4 Å². The molecule has 0 saturated heterocycles. The maximum absolute atomic E-state index is 12.3. The monoisotopic (exact) mass is 442 g/mol. The zero-order chi connectivity index (χ0) is 22.6. The number of hydrogen-bond donors (Lipinski definition) is 0. The molecule has 0 aromatic heterocycles. The number of hydrogen-bond acceptors (Lipinski definition) is 5. The van der Waals surface area contributed by atoms with Crippen LogP contribution in [0.25, 0.3) is 0 Å². The third kappa shape index (κ3) is 3.85. The largest absolute Gasteiger partial charge is 0.462 e. The van der Waals surface area contributed by atoms with E-state index in [2.05, 4.69) is 13.2 Å². The van der Waals surface area contributed by atoms with Gasteiger partial charge in [-0.25, -0.2) is 9.59 Å². The zero-order valence-electron chi connectivity index (χ0n) is 19.6. The molecule has 4 atom stereocenters. The van der Waals surface area contributed by atoms with Gasteiger partial charge in [-0.1, -0.05) is 13.2 Å². The quantitative estimate of drug-likeness (QED) is 0.397. The fourth-order valence-corrected chi connectivity index (χ4v) is 8.09. The molecule has 0 aromatic carbocycles. The van der Waals surface area contributed by atoms with Gasteiger partial charge in [-0.05, 0) is 107 Å². The van der Waals surface area contributed by atoms with Crippen LogP contribution >= 0.6 is 0 Å². The summed E-state index contributed by atoms with van der Waals surface area (Å²) in [5.74, 6) is 3.42. The third-order valence-electron chi connectivity index (χ3n) is 9.34. The van der Waals surface area contributed by atoms with Gasteiger partial charge in [0.1, 0.15) is 12.2 Å². The molecule has 5 heteroatoms. The minimum atomic E-state index is -0.355. The van der Waals surface area contributed by atoms with Crippen LogP contribution in [0.3, 0.4) is 0 Å². The van der Waals surface area contributed by atoms with Gasteiger partial charge < -0.3 is 14.2 Å². The molecule has 5 nitrogen and oxygen atoms in total. The van der Waals surface area contributed by atoms with Gasteiger partial charge in [0.05, 0.1) is 12.7 Å². The van der Waals surface area contributed by atoms with E-state index < -0.39 is 0 Å². The molecular formula is C27H38O5. The Balaban J connectivity index is 1.32. The summed E-state index contributed by atoms with van der Waals surface area (Å²) < 4.78 is 18.5. The van der Waals surface area contributed by atoms with E-state index in [0.717, 1.165) is 31.1 Å². The molecule has 0 heterocycles. The average Bonchev–Trinajstić information content (AvgIpc) is 3.32. The fraction of sp³-hybridized carbons (Fsp3) is 0.778. The van der Waals surface area contributed by atoms with Gasteiger partial charge in [0.25, 0.3) is 0 Å². The van der Waals surface area contributed by atoms with Crippen LogP contribution in [-0.4, -0.2) is 36.9 Å². The average molecular weight is 443 g/mol. The predicted molar refractivity (Wildman–Crippen MR) is 121 cm³/mol. The summed E-state index contributed by atoms with van der Waals surface area (Å²) in [5, 5.41) is 0. The lowest BCUT2D eigenvalue weighted by atomic mass is 9.50. The van der Waals surface area contributed by atoms with E-state index in [0.29, 0.717) is 53.9 Å². The normalized spacial score (nSPS) is 43.3. The first-order chi connectivity index (χ1) is 15.2. The molecule has 6 rings (SSSR count). The Morgan fingerprint density at radius 3 is 1.91 bits per heavy atom. The van der Waals surface area contributed by atoms with Crippen molar-refractivity contribution in [3.05, 3.63) is 24.3 Å². The summed E-state index contributed by atoms with van der Waals surface area (Å²) in [6, 6.07) is 0. The number of carbonyl (C=O) groups is 2. The van der Waals surface area contributed by atoms with Crippen LogP contribution in [0.2, 0.25) is 0 Å². The van der Waals surface area contributed by atoms with Gasteiger partial charge in [0.15, 0.2) is 0 Å². The molecule has 0 amide bonds. The Morgan fingerprint density at radius 1 is 0.781 bits per heavy atom. The van der Waals surface area contributed by atoms with Crippen LogP contribution in [0.5, 0.6) is 0 Å². The lowest BCUT2D eigenvalue weighted by Crippen LogP contribution is -2.63.